The van der Waals surface area contributed by atoms with Gasteiger partial charge in [-0.15, -0.1) is 0 Å². The zero-order valence-electron chi connectivity index (χ0n) is 18.6. The van der Waals surface area contributed by atoms with Crippen molar-refractivity contribution in [3.05, 3.63) is 23.4 Å². The third-order valence-corrected chi connectivity index (χ3v) is 7.05. The smallest absolute Gasteiger partial charge is 0.163 e. The van der Waals surface area contributed by atoms with Crippen molar-refractivity contribution in [2.45, 2.75) is 51.9 Å². The summed E-state index contributed by atoms with van der Waals surface area (Å²) >= 11 is 0. The van der Waals surface area contributed by atoms with Gasteiger partial charge in [-0.25, -0.2) is 0 Å². The van der Waals surface area contributed by atoms with Gasteiger partial charge in [0.25, 0.3) is 0 Å². The number of hydrogen-bond acceptors (Lipinski definition) is 5. The van der Waals surface area contributed by atoms with E-state index in [2.05, 4.69) is 43.1 Å². The molecule has 4 rings (SSSR count). The van der Waals surface area contributed by atoms with E-state index in [1.807, 2.05) is 7.05 Å². The van der Waals surface area contributed by atoms with E-state index in [0.717, 1.165) is 41.8 Å². The third kappa shape index (κ3) is 3.65. The molecule has 2 heterocycles. The Kier molecular flexibility index (Phi) is 5.60. The van der Waals surface area contributed by atoms with E-state index in [1.165, 1.54) is 42.9 Å². The van der Waals surface area contributed by atoms with Crippen molar-refractivity contribution in [2.75, 3.05) is 45.7 Å². The second kappa shape index (κ2) is 8.02. The monoisotopic (exact) mass is 397 g/mol. The standard InChI is InChI=1S/C24H35N3O2/c1-16-13-19-22(24(16,2)3)23(25-4)17-14-20(28-5)21(15-18(17)26-19)29-12-8-11-27-9-6-7-10-27/h14-16H,6-13H2,1-5H3,(H,25,26). The topological polar surface area (TPSA) is 46.6 Å². The van der Waals surface area contributed by atoms with Crippen molar-refractivity contribution >= 4 is 16.6 Å². The number of methoxy groups -OCH3 is 1. The van der Waals surface area contributed by atoms with Crippen LogP contribution in [0, 0.1) is 5.92 Å². The number of ether oxygens (including phenoxy) is 2. The van der Waals surface area contributed by atoms with Crippen LogP contribution in [-0.2, 0) is 11.8 Å². The van der Waals surface area contributed by atoms with Gasteiger partial charge in [0.1, 0.15) is 0 Å². The fourth-order valence-electron chi connectivity index (χ4n) is 4.96. The van der Waals surface area contributed by atoms with E-state index in [0.29, 0.717) is 12.5 Å². The lowest BCUT2D eigenvalue weighted by molar-refractivity contribution is 0.254. The predicted molar refractivity (Wildman–Crippen MR) is 120 cm³/mol. The molecular formula is C24H35N3O2. The molecule has 0 spiro atoms. The molecule has 29 heavy (non-hydrogen) atoms. The number of fused-ring (bicyclic) bond motifs is 2. The second-order valence-corrected chi connectivity index (χ2v) is 9.16. The molecule has 158 valence electrons. The summed E-state index contributed by atoms with van der Waals surface area (Å²) in [4.78, 5) is 7.58. The summed E-state index contributed by atoms with van der Waals surface area (Å²) in [7, 11) is 3.72. The van der Waals surface area contributed by atoms with Crippen LogP contribution in [0.15, 0.2) is 12.1 Å². The molecule has 1 atom stereocenters. The minimum atomic E-state index is 0.104. The summed E-state index contributed by atoms with van der Waals surface area (Å²) in [6, 6.07) is 4.14. The van der Waals surface area contributed by atoms with E-state index in [-0.39, 0.29) is 5.41 Å². The highest BCUT2D eigenvalue weighted by Gasteiger charge is 2.40. The van der Waals surface area contributed by atoms with Crippen LogP contribution in [0.3, 0.4) is 0 Å². The van der Waals surface area contributed by atoms with E-state index in [1.54, 1.807) is 7.11 Å². The number of likely N-dealkylation sites (tertiary alicyclic amines) is 1. The Morgan fingerprint density at radius 2 is 1.97 bits per heavy atom. The van der Waals surface area contributed by atoms with Crippen LogP contribution in [0.25, 0.3) is 10.9 Å². The minimum absolute atomic E-state index is 0.104. The highest BCUT2D eigenvalue weighted by atomic mass is 16.5. The number of rotatable bonds is 7. The first-order valence-corrected chi connectivity index (χ1v) is 11.0. The molecular weight excluding hydrogens is 362 g/mol. The summed E-state index contributed by atoms with van der Waals surface area (Å²) in [5.41, 5.74) is 4.82. The number of anilines is 1. The average Bonchev–Trinajstić information content (AvgIpc) is 3.29. The lowest BCUT2D eigenvalue weighted by Crippen LogP contribution is -2.22. The molecule has 5 nitrogen and oxygen atoms in total. The van der Waals surface area contributed by atoms with Gasteiger partial charge in [-0.05, 0) is 56.2 Å². The van der Waals surface area contributed by atoms with Gasteiger partial charge in [0.15, 0.2) is 11.5 Å². The predicted octanol–water partition coefficient (Wildman–Crippen LogP) is 4.62. The Balaban J connectivity index is 1.63. The number of aromatic nitrogens is 1. The van der Waals surface area contributed by atoms with Crippen LogP contribution in [0.5, 0.6) is 11.5 Å². The van der Waals surface area contributed by atoms with Crippen molar-refractivity contribution in [2.24, 2.45) is 5.92 Å². The lowest BCUT2D eigenvalue weighted by atomic mass is 9.78. The maximum atomic E-state index is 6.14. The summed E-state index contributed by atoms with van der Waals surface area (Å²) < 4.78 is 11.8. The van der Waals surface area contributed by atoms with Crippen molar-refractivity contribution < 1.29 is 9.47 Å². The number of pyridine rings is 1. The molecule has 2 aromatic rings. The molecule has 0 bridgehead atoms. The van der Waals surface area contributed by atoms with E-state index in [4.69, 9.17) is 14.5 Å². The Morgan fingerprint density at radius 1 is 1.21 bits per heavy atom. The van der Waals surface area contributed by atoms with Crippen LogP contribution < -0.4 is 14.8 Å². The first-order valence-electron chi connectivity index (χ1n) is 11.0. The zero-order valence-corrected chi connectivity index (χ0v) is 18.6. The Morgan fingerprint density at radius 3 is 2.66 bits per heavy atom. The molecule has 5 heteroatoms. The maximum Gasteiger partial charge on any atom is 0.163 e. The van der Waals surface area contributed by atoms with Gasteiger partial charge in [0, 0.05) is 42.0 Å². The average molecular weight is 398 g/mol. The van der Waals surface area contributed by atoms with E-state index >= 15 is 0 Å². The first kappa shape index (κ1) is 20.3. The SMILES string of the molecule is CNc1c2c(nc3cc(OCCCN4CCCC4)c(OC)cc13)CC(C)C2(C)C. The Bertz CT molecular complexity index is 888. The highest BCUT2D eigenvalue weighted by Crippen LogP contribution is 2.48. The fourth-order valence-corrected chi connectivity index (χ4v) is 4.96. The molecule has 1 saturated heterocycles. The molecule has 2 aliphatic rings. The normalized spacial score (nSPS) is 20.8. The van der Waals surface area contributed by atoms with E-state index in [9.17, 15) is 0 Å². The summed E-state index contributed by atoms with van der Waals surface area (Å²) in [6.45, 7) is 11.2. The maximum absolute atomic E-state index is 6.14. The number of benzene rings is 1. The molecule has 1 aliphatic carbocycles. The van der Waals surface area contributed by atoms with Crippen LogP contribution in [0.4, 0.5) is 5.69 Å². The van der Waals surface area contributed by atoms with Gasteiger partial charge in [-0.3, -0.25) is 4.98 Å². The molecule has 0 radical (unpaired) electrons. The Hall–Kier alpha value is -2.01. The first-order chi connectivity index (χ1) is 14.0. The molecule has 1 fully saturated rings. The second-order valence-electron chi connectivity index (χ2n) is 9.16. The van der Waals surface area contributed by atoms with Crippen LogP contribution in [0.2, 0.25) is 0 Å². The number of nitrogens with one attached hydrogen (secondary N) is 1. The lowest BCUT2D eigenvalue weighted by Gasteiger charge is -2.27. The number of hydrogen-bond donors (Lipinski definition) is 1. The minimum Gasteiger partial charge on any atom is -0.493 e. The molecule has 1 aliphatic heterocycles. The molecule has 1 aromatic heterocycles. The van der Waals surface area contributed by atoms with Crippen molar-refractivity contribution in [3.8, 4) is 11.5 Å². The van der Waals surface area contributed by atoms with Gasteiger partial charge in [0.2, 0.25) is 0 Å². The molecule has 1 N–H and O–H groups in total. The molecule has 0 amide bonds. The van der Waals surface area contributed by atoms with Gasteiger partial charge < -0.3 is 19.7 Å². The van der Waals surface area contributed by atoms with Crippen LogP contribution in [0.1, 0.15) is 51.3 Å². The zero-order chi connectivity index (χ0) is 20.6. The largest absolute Gasteiger partial charge is 0.493 e. The summed E-state index contributed by atoms with van der Waals surface area (Å²) in [6.07, 6.45) is 4.72. The highest BCUT2D eigenvalue weighted by molar-refractivity contribution is 5.96. The Labute approximate surface area is 174 Å². The van der Waals surface area contributed by atoms with Crippen LogP contribution in [-0.4, -0.2) is 50.3 Å². The summed E-state index contributed by atoms with van der Waals surface area (Å²) in [5.74, 6) is 2.14. The third-order valence-electron chi connectivity index (χ3n) is 7.05. The molecule has 1 aromatic carbocycles. The van der Waals surface area contributed by atoms with Gasteiger partial charge in [-0.1, -0.05) is 20.8 Å². The van der Waals surface area contributed by atoms with Crippen molar-refractivity contribution in [1.82, 2.24) is 9.88 Å². The van der Waals surface area contributed by atoms with Crippen molar-refractivity contribution in [3.63, 3.8) is 0 Å². The van der Waals surface area contributed by atoms with Crippen LogP contribution >= 0.6 is 0 Å². The van der Waals surface area contributed by atoms with Gasteiger partial charge in [0.05, 0.1) is 19.2 Å². The number of nitrogens with zero attached hydrogens (tertiary/aromatic N) is 2. The van der Waals surface area contributed by atoms with Crippen molar-refractivity contribution in [1.29, 1.82) is 0 Å². The van der Waals surface area contributed by atoms with Gasteiger partial charge in [-0.2, -0.15) is 0 Å². The fraction of sp³-hybridized carbons (Fsp3) is 0.625. The van der Waals surface area contributed by atoms with Gasteiger partial charge >= 0.3 is 0 Å². The molecule has 0 saturated carbocycles. The van der Waals surface area contributed by atoms with E-state index < -0.39 is 0 Å². The quantitative estimate of drug-likeness (QED) is 0.691. The molecule has 1 unspecified atom stereocenters. The summed E-state index contributed by atoms with van der Waals surface area (Å²) in [5, 5.41) is 4.57.